The first-order valence-electron chi connectivity index (χ1n) is 5.82. The van der Waals surface area contributed by atoms with E-state index in [0.29, 0.717) is 6.04 Å². The number of benzene rings is 1. The Bertz CT molecular complexity index is 370. The van der Waals surface area contributed by atoms with E-state index in [1.54, 1.807) is 0 Å². The van der Waals surface area contributed by atoms with E-state index in [1.807, 2.05) is 25.1 Å². The fraction of sp³-hybridized carbons (Fsp3) is 0.462. The van der Waals surface area contributed by atoms with E-state index in [4.69, 9.17) is 0 Å². The maximum atomic E-state index is 10.8. The summed E-state index contributed by atoms with van der Waals surface area (Å²) in [4.78, 5) is 10.8. The number of carbonyl (C=O) groups is 1. The van der Waals surface area contributed by atoms with Crippen molar-refractivity contribution in [2.75, 3.05) is 18.4 Å². The number of nitrogens with one attached hydrogen (secondary N) is 2. The van der Waals surface area contributed by atoms with Crippen LogP contribution in [0.25, 0.3) is 0 Å². The summed E-state index contributed by atoms with van der Waals surface area (Å²) in [5, 5.41) is 6.82. The third kappa shape index (κ3) is 2.61. The van der Waals surface area contributed by atoms with Crippen LogP contribution in [0.5, 0.6) is 0 Å². The smallest absolute Gasteiger partial charge is 0.150 e. The maximum absolute atomic E-state index is 10.8. The van der Waals surface area contributed by atoms with Crippen molar-refractivity contribution in [3.63, 3.8) is 0 Å². The number of aryl methyl sites for hydroxylation is 1. The highest BCUT2D eigenvalue weighted by atomic mass is 16.1. The van der Waals surface area contributed by atoms with E-state index >= 15 is 0 Å². The third-order valence-corrected chi connectivity index (χ3v) is 3.12. The summed E-state index contributed by atoms with van der Waals surface area (Å²) in [5.74, 6) is 0. The number of piperidine rings is 1. The molecule has 16 heavy (non-hydrogen) atoms. The van der Waals surface area contributed by atoms with Gasteiger partial charge < -0.3 is 10.6 Å². The predicted molar refractivity (Wildman–Crippen MR) is 66.1 cm³/mol. The highest BCUT2D eigenvalue weighted by molar-refractivity contribution is 5.79. The SMILES string of the molecule is Cc1ccc(NC2CCNCC2)cc1C=O. The monoisotopic (exact) mass is 218 g/mol. The first-order valence-corrected chi connectivity index (χ1v) is 5.82. The van der Waals surface area contributed by atoms with Gasteiger partial charge in [-0.05, 0) is 50.6 Å². The van der Waals surface area contributed by atoms with Gasteiger partial charge in [0, 0.05) is 17.3 Å². The quantitative estimate of drug-likeness (QED) is 0.762. The lowest BCUT2D eigenvalue weighted by Crippen LogP contribution is -2.35. The van der Waals surface area contributed by atoms with Crippen LogP contribution in [-0.4, -0.2) is 25.4 Å². The lowest BCUT2D eigenvalue weighted by molar-refractivity contribution is 0.112. The Morgan fingerprint density at radius 1 is 1.38 bits per heavy atom. The lowest BCUT2D eigenvalue weighted by atomic mass is 10.0. The van der Waals surface area contributed by atoms with Gasteiger partial charge in [-0.3, -0.25) is 4.79 Å². The van der Waals surface area contributed by atoms with Crippen LogP contribution in [-0.2, 0) is 0 Å². The summed E-state index contributed by atoms with van der Waals surface area (Å²) >= 11 is 0. The van der Waals surface area contributed by atoms with Gasteiger partial charge in [0.1, 0.15) is 6.29 Å². The number of rotatable bonds is 3. The van der Waals surface area contributed by atoms with Crippen molar-refractivity contribution in [3.8, 4) is 0 Å². The number of carbonyl (C=O) groups excluding carboxylic acids is 1. The van der Waals surface area contributed by atoms with Crippen LogP contribution >= 0.6 is 0 Å². The molecular weight excluding hydrogens is 200 g/mol. The van der Waals surface area contributed by atoms with E-state index < -0.39 is 0 Å². The molecule has 3 nitrogen and oxygen atoms in total. The van der Waals surface area contributed by atoms with Crippen molar-refractivity contribution in [1.82, 2.24) is 5.32 Å². The molecule has 1 heterocycles. The summed E-state index contributed by atoms with van der Waals surface area (Å²) in [7, 11) is 0. The minimum absolute atomic E-state index is 0.531. The zero-order valence-electron chi connectivity index (χ0n) is 9.62. The van der Waals surface area contributed by atoms with E-state index in [9.17, 15) is 4.79 Å². The molecule has 1 aliphatic rings. The van der Waals surface area contributed by atoms with Crippen LogP contribution < -0.4 is 10.6 Å². The summed E-state index contributed by atoms with van der Waals surface area (Å²) in [6, 6.07) is 6.51. The predicted octanol–water partition coefficient (Wildman–Crippen LogP) is 1.97. The Labute approximate surface area is 96.2 Å². The van der Waals surface area contributed by atoms with E-state index in [2.05, 4.69) is 10.6 Å². The molecule has 0 aliphatic carbocycles. The van der Waals surface area contributed by atoms with Crippen LogP contribution in [0.1, 0.15) is 28.8 Å². The van der Waals surface area contributed by atoms with Gasteiger partial charge in [0.2, 0.25) is 0 Å². The molecule has 1 fully saturated rings. The average molecular weight is 218 g/mol. The standard InChI is InChI=1S/C13H18N2O/c1-10-2-3-13(8-11(10)9-16)15-12-4-6-14-7-5-12/h2-3,8-9,12,14-15H,4-7H2,1H3. The highest BCUT2D eigenvalue weighted by Gasteiger charge is 2.12. The molecule has 0 atom stereocenters. The minimum atomic E-state index is 0.531. The molecule has 1 aliphatic heterocycles. The maximum Gasteiger partial charge on any atom is 0.150 e. The lowest BCUT2D eigenvalue weighted by Gasteiger charge is -2.24. The van der Waals surface area contributed by atoms with Gasteiger partial charge in [-0.25, -0.2) is 0 Å². The Morgan fingerprint density at radius 2 is 2.12 bits per heavy atom. The van der Waals surface area contributed by atoms with Gasteiger partial charge >= 0.3 is 0 Å². The largest absolute Gasteiger partial charge is 0.382 e. The highest BCUT2D eigenvalue weighted by Crippen LogP contribution is 2.17. The Kier molecular flexibility index (Phi) is 3.57. The Hall–Kier alpha value is -1.35. The molecule has 1 aromatic rings. The number of anilines is 1. The van der Waals surface area contributed by atoms with Gasteiger partial charge in [0.05, 0.1) is 0 Å². The minimum Gasteiger partial charge on any atom is -0.382 e. The van der Waals surface area contributed by atoms with Crippen molar-refractivity contribution >= 4 is 12.0 Å². The van der Waals surface area contributed by atoms with Gasteiger partial charge in [-0.2, -0.15) is 0 Å². The molecule has 0 spiro atoms. The summed E-state index contributed by atoms with van der Waals surface area (Å²) in [6.45, 7) is 4.10. The van der Waals surface area contributed by atoms with Crippen LogP contribution in [0.15, 0.2) is 18.2 Å². The molecule has 2 rings (SSSR count). The van der Waals surface area contributed by atoms with E-state index in [0.717, 1.165) is 49.0 Å². The number of hydrogen-bond donors (Lipinski definition) is 2. The van der Waals surface area contributed by atoms with Gasteiger partial charge in [-0.15, -0.1) is 0 Å². The first-order chi connectivity index (χ1) is 7.79. The van der Waals surface area contributed by atoms with Crippen molar-refractivity contribution in [1.29, 1.82) is 0 Å². The summed E-state index contributed by atoms with van der Waals surface area (Å²) in [5.41, 5.74) is 2.87. The molecule has 1 aromatic carbocycles. The zero-order chi connectivity index (χ0) is 11.4. The normalized spacial score (nSPS) is 17.1. The average Bonchev–Trinajstić information content (AvgIpc) is 2.33. The Morgan fingerprint density at radius 3 is 2.81 bits per heavy atom. The van der Waals surface area contributed by atoms with Crippen LogP contribution in [0.3, 0.4) is 0 Å². The summed E-state index contributed by atoms with van der Waals surface area (Å²) < 4.78 is 0. The third-order valence-electron chi connectivity index (χ3n) is 3.12. The first kappa shape index (κ1) is 11.1. The molecule has 86 valence electrons. The van der Waals surface area contributed by atoms with Crippen LogP contribution in [0, 0.1) is 6.92 Å². The van der Waals surface area contributed by atoms with Crippen molar-refractivity contribution in [2.24, 2.45) is 0 Å². The van der Waals surface area contributed by atoms with E-state index in [1.165, 1.54) is 0 Å². The van der Waals surface area contributed by atoms with Crippen molar-refractivity contribution < 1.29 is 4.79 Å². The van der Waals surface area contributed by atoms with Gasteiger partial charge in [0.25, 0.3) is 0 Å². The van der Waals surface area contributed by atoms with Crippen molar-refractivity contribution in [3.05, 3.63) is 29.3 Å². The molecule has 0 saturated carbocycles. The Balaban J connectivity index is 2.05. The number of aldehydes is 1. The zero-order valence-corrected chi connectivity index (χ0v) is 9.62. The molecular formula is C13H18N2O. The molecule has 0 unspecified atom stereocenters. The van der Waals surface area contributed by atoms with Crippen molar-refractivity contribution in [2.45, 2.75) is 25.8 Å². The second kappa shape index (κ2) is 5.12. The molecule has 2 N–H and O–H groups in total. The second-order valence-electron chi connectivity index (χ2n) is 4.36. The molecule has 0 amide bonds. The molecule has 3 heteroatoms. The second-order valence-corrected chi connectivity index (χ2v) is 4.36. The molecule has 0 radical (unpaired) electrons. The van der Waals surface area contributed by atoms with Gasteiger partial charge in [-0.1, -0.05) is 6.07 Å². The van der Waals surface area contributed by atoms with Gasteiger partial charge in [0.15, 0.2) is 0 Å². The van der Waals surface area contributed by atoms with Crippen LogP contribution in [0.2, 0.25) is 0 Å². The number of hydrogen-bond acceptors (Lipinski definition) is 3. The molecule has 0 bridgehead atoms. The van der Waals surface area contributed by atoms with E-state index in [-0.39, 0.29) is 0 Å². The molecule has 1 saturated heterocycles. The fourth-order valence-corrected chi connectivity index (χ4v) is 2.06. The topological polar surface area (TPSA) is 41.1 Å². The fourth-order valence-electron chi connectivity index (χ4n) is 2.06. The van der Waals surface area contributed by atoms with Crippen LogP contribution in [0.4, 0.5) is 5.69 Å². The molecule has 0 aromatic heterocycles. The summed E-state index contributed by atoms with van der Waals surface area (Å²) in [6.07, 6.45) is 3.21.